The van der Waals surface area contributed by atoms with E-state index in [-0.39, 0.29) is 0 Å². The molecular weight excluding hydrogens is 164 g/mol. The Morgan fingerprint density at radius 3 is 2.77 bits per heavy atom. The van der Waals surface area contributed by atoms with Gasteiger partial charge in [0.05, 0.1) is 6.61 Å². The first-order valence-corrected chi connectivity index (χ1v) is 5.37. The van der Waals surface area contributed by atoms with Crippen LogP contribution in [0.5, 0.6) is 0 Å². The first-order chi connectivity index (χ1) is 6.33. The van der Waals surface area contributed by atoms with Gasteiger partial charge in [0, 0.05) is 18.7 Å². The largest absolute Gasteiger partial charge is 0.380 e. The quantitative estimate of drug-likeness (QED) is 0.665. The SMILES string of the molecule is CCOCC(C)NC1CCNCC1. The van der Waals surface area contributed by atoms with Crippen molar-refractivity contribution in [3.05, 3.63) is 0 Å². The van der Waals surface area contributed by atoms with E-state index >= 15 is 0 Å². The maximum absolute atomic E-state index is 5.36. The number of hydrogen-bond donors (Lipinski definition) is 2. The Kier molecular flexibility index (Phi) is 5.35. The highest BCUT2D eigenvalue weighted by Gasteiger charge is 2.14. The summed E-state index contributed by atoms with van der Waals surface area (Å²) in [6.07, 6.45) is 2.49. The maximum atomic E-state index is 5.36. The summed E-state index contributed by atoms with van der Waals surface area (Å²) in [7, 11) is 0. The molecule has 1 rings (SSSR count). The van der Waals surface area contributed by atoms with Crippen LogP contribution < -0.4 is 10.6 Å². The van der Waals surface area contributed by atoms with Gasteiger partial charge in [0.2, 0.25) is 0 Å². The molecule has 0 spiro atoms. The highest BCUT2D eigenvalue weighted by atomic mass is 16.5. The molecule has 0 aromatic carbocycles. The van der Waals surface area contributed by atoms with Gasteiger partial charge >= 0.3 is 0 Å². The Morgan fingerprint density at radius 2 is 2.15 bits per heavy atom. The van der Waals surface area contributed by atoms with Crippen molar-refractivity contribution in [1.82, 2.24) is 10.6 Å². The van der Waals surface area contributed by atoms with Crippen molar-refractivity contribution in [1.29, 1.82) is 0 Å². The number of nitrogens with one attached hydrogen (secondary N) is 2. The molecule has 1 atom stereocenters. The lowest BCUT2D eigenvalue weighted by Crippen LogP contribution is -2.45. The second-order valence-corrected chi connectivity index (χ2v) is 3.75. The van der Waals surface area contributed by atoms with Gasteiger partial charge in [-0.15, -0.1) is 0 Å². The molecule has 1 unspecified atom stereocenters. The third kappa shape index (κ3) is 4.60. The van der Waals surface area contributed by atoms with Gasteiger partial charge in [0.15, 0.2) is 0 Å². The van der Waals surface area contributed by atoms with Crippen LogP contribution in [0.3, 0.4) is 0 Å². The van der Waals surface area contributed by atoms with Crippen molar-refractivity contribution in [3.8, 4) is 0 Å². The maximum Gasteiger partial charge on any atom is 0.0616 e. The molecule has 3 nitrogen and oxygen atoms in total. The molecule has 2 N–H and O–H groups in total. The van der Waals surface area contributed by atoms with E-state index in [0.717, 1.165) is 26.3 Å². The molecule has 0 aromatic heterocycles. The minimum absolute atomic E-state index is 0.489. The molecule has 13 heavy (non-hydrogen) atoms. The summed E-state index contributed by atoms with van der Waals surface area (Å²) in [6.45, 7) is 8.19. The minimum atomic E-state index is 0.489. The Balaban J connectivity index is 2.07. The average molecular weight is 186 g/mol. The van der Waals surface area contributed by atoms with E-state index in [1.165, 1.54) is 12.8 Å². The molecule has 1 heterocycles. The van der Waals surface area contributed by atoms with E-state index in [4.69, 9.17) is 4.74 Å². The molecule has 1 aliphatic heterocycles. The van der Waals surface area contributed by atoms with Crippen LogP contribution in [0.25, 0.3) is 0 Å². The highest BCUT2D eigenvalue weighted by Crippen LogP contribution is 2.03. The van der Waals surface area contributed by atoms with Gasteiger partial charge in [-0.25, -0.2) is 0 Å². The predicted molar refractivity (Wildman–Crippen MR) is 55.0 cm³/mol. The zero-order chi connectivity index (χ0) is 9.52. The minimum Gasteiger partial charge on any atom is -0.380 e. The van der Waals surface area contributed by atoms with Gasteiger partial charge < -0.3 is 15.4 Å². The fraction of sp³-hybridized carbons (Fsp3) is 1.00. The van der Waals surface area contributed by atoms with E-state index in [1.54, 1.807) is 0 Å². The first-order valence-electron chi connectivity index (χ1n) is 5.37. The summed E-state index contributed by atoms with van der Waals surface area (Å²) >= 11 is 0. The van der Waals surface area contributed by atoms with E-state index in [0.29, 0.717) is 12.1 Å². The summed E-state index contributed by atoms with van der Waals surface area (Å²) < 4.78 is 5.36. The van der Waals surface area contributed by atoms with Gasteiger partial charge in [-0.05, 0) is 39.8 Å². The molecule has 1 aliphatic rings. The third-order valence-corrected chi connectivity index (χ3v) is 2.43. The third-order valence-electron chi connectivity index (χ3n) is 2.43. The van der Waals surface area contributed by atoms with Crippen molar-refractivity contribution in [2.24, 2.45) is 0 Å². The van der Waals surface area contributed by atoms with Crippen molar-refractivity contribution in [3.63, 3.8) is 0 Å². The van der Waals surface area contributed by atoms with E-state index in [1.807, 2.05) is 6.92 Å². The Labute approximate surface area is 81.2 Å². The van der Waals surface area contributed by atoms with E-state index in [2.05, 4.69) is 17.6 Å². The Hall–Kier alpha value is -0.120. The average Bonchev–Trinajstić information content (AvgIpc) is 2.16. The van der Waals surface area contributed by atoms with Crippen LogP contribution in [0.4, 0.5) is 0 Å². The fourth-order valence-electron chi connectivity index (χ4n) is 1.73. The van der Waals surface area contributed by atoms with Gasteiger partial charge in [-0.3, -0.25) is 0 Å². The van der Waals surface area contributed by atoms with Crippen molar-refractivity contribution < 1.29 is 4.74 Å². The fourth-order valence-corrected chi connectivity index (χ4v) is 1.73. The van der Waals surface area contributed by atoms with Crippen LogP contribution in [0, 0.1) is 0 Å². The molecule has 0 aromatic rings. The van der Waals surface area contributed by atoms with Crippen LogP contribution in [-0.2, 0) is 4.74 Å². The van der Waals surface area contributed by atoms with Gasteiger partial charge in [0.1, 0.15) is 0 Å². The lowest BCUT2D eigenvalue weighted by atomic mass is 10.1. The lowest BCUT2D eigenvalue weighted by molar-refractivity contribution is 0.121. The molecule has 0 aliphatic carbocycles. The van der Waals surface area contributed by atoms with Crippen LogP contribution >= 0.6 is 0 Å². The molecule has 1 saturated heterocycles. The molecule has 0 saturated carbocycles. The number of piperidine rings is 1. The number of rotatable bonds is 5. The molecule has 78 valence electrons. The molecule has 0 radical (unpaired) electrons. The summed E-state index contributed by atoms with van der Waals surface area (Å²) in [4.78, 5) is 0. The topological polar surface area (TPSA) is 33.3 Å². The summed E-state index contributed by atoms with van der Waals surface area (Å²) in [5, 5.41) is 6.95. The summed E-state index contributed by atoms with van der Waals surface area (Å²) in [5.74, 6) is 0. The van der Waals surface area contributed by atoms with Crippen molar-refractivity contribution in [2.75, 3.05) is 26.3 Å². The van der Waals surface area contributed by atoms with Gasteiger partial charge in [-0.1, -0.05) is 0 Å². The summed E-state index contributed by atoms with van der Waals surface area (Å²) in [5.41, 5.74) is 0. The summed E-state index contributed by atoms with van der Waals surface area (Å²) in [6, 6.07) is 1.18. The first kappa shape index (κ1) is 11.0. The molecule has 0 amide bonds. The zero-order valence-electron chi connectivity index (χ0n) is 8.81. The lowest BCUT2D eigenvalue weighted by Gasteiger charge is -2.27. The van der Waals surface area contributed by atoms with Crippen LogP contribution in [-0.4, -0.2) is 38.4 Å². The Morgan fingerprint density at radius 1 is 1.46 bits per heavy atom. The van der Waals surface area contributed by atoms with Crippen molar-refractivity contribution in [2.45, 2.75) is 38.8 Å². The van der Waals surface area contributed by atoms with Gasteiger partial charge in [0.25, 0.3) is 0 Å². The van der Waals surface area contributed by atoms with E-state index < -0.39 is 0 Å². The normalized spacial score (nSPS) is 21.7. The molecular formula is C10H22N2O. The van der Waals surface area contributed by atoms with E-state index in [9.17, 15) is 0 Å². The van der Waals surface area contributed by atoms with Gasteiger partial charge in [-0.2, -0.15) is 0 Å². The molecule has 0 bridgehead atoms. The Bertz CT molecular complexity index is 124. The van der Waals surface area contributed by atoms with Crippen molar-refractivity contribution >= 4 is 0 Å². The highest BCUT2D eigenvalue weighted by molar-refractivity contribution is 4.76. The predicted octanol–water partition coefficient (Wildman–Crippen LogP) is 0.753. The smallest absolute Gasteiger partial charge is 0.0616 e. The second kappa shape index (κ2) is 6.35. The molecule has 1 fully saturated rings. The molecule has 3 heteroatoms. The van der Waals surface area contributed by atoms with Crippen LogP contribution in [0.2, 0.25) is 0 Å². The van der Waals surface area contributed by atoms with Crippen LogP contribution in [0.15, 0.2) is 0 Å². The van der Waals surface area contributed by atoms with Crippen LogP contribution in [0.1, 0.15) is 26.7 Å². The second-order valence-electron chi connectivity index (χ2n) is 3.75. The zero-order valence-corrected chi connectivity index (χ0v) is 8.81. The number of hydrogen-bond acceptors (Lipinski definition) is 3. The number of ether oxygens (including phenoxy) is 1. The standard InChI is InChI=1S/C10H22N2O/c1-3-13-8-9(2)12-10-4-6-11-7-5-10/h9-12H,3-8H2,1-2H3. The monoisotopic (exact) mass is 186 g/mol.